The molecule has 1 N–H and O–H groups in total. The van der Waals surface area contributed by atoms with Gasteiger partial charge < -0.3 is 19.3 Å². The van der Waals surface area contributed by atoms with E-state index in [0.29, 0.717) is 45.7 Å². The van der Waals surface area contributed by atoms with Crippen molar-refractivity contribution in [2.24, 2.45) is 11.8 Å². The smallest absolute Gasteiger partial charge is 0.337 e. The molecule has 6 rings (SSSR count). The molecule has 188 valence electrons. The molecule has 3 aromatic rings. The van der Waals surface area contributed by atoms with Crippen molar-refractivity contribution in [3.8, 4) is 11.3 Å². The predicted molar refractivity (Wildman–Crippen MR) is 137 cm³/mol. The van der Waals surface area contributed by atoms with Crippen molar-refractivity contribution in [1.29, 1.82) is 0 Å². The second kappa shape index (κ2) is 9.36. The van der Waals surface area contributed by atoms with E-state index in [0.717, 1.165) is 61.5 Å². The number of halogens is 2. The average Bonchev–Trinajstić information content (AvgIpc) is 3.31. The Morgan fingerprint density at radius 2 is 1.89 bits per heavy atom. The molecule has 3 aliphatic rings. The maximum atomic E-state index is 11.2. The minimum Gasteiger partial charge on any atom is -0.478 e. The van der Waals surface area contributed by atoms with Gasteiger partial charge in [-0.3, -0.25) is 0 Å². The van der Waals surface area contributed by atoms with Crippen LogP contribution in [-0.2, 0) is 11.3 Å². The zero-order valence-corrected chi connectivity index (χ0v) is 21.4. The lowest BCUT2D eigenvalue weighted by molar-refractivity contribution is 0.0402. The molecule has 1 saturated heterocycles. The third kappa shape index (κ3) is 4.38. The summed E-state index contributed by atoms with van der Waals surface area (Å²) in [6.07, 6.45) is 5.79. The van der Waals surface area contributed by atoms with E-state index in [9.17, 15) is 9.90 Å². The number of carboxylic acid groups (broad SMARTS) is 1. The highest BCUT2D eigenvalue weighted by molar-refractivity contribution is 6.39. The van der Waals surface area contributed by atoms with E-state index in [-0.39, 0.29) is 11.7 Å². The van der Waals surface area contributed by atoms with Gasteiger partial charge in [0.1, 0.15) is 17.3 Å². The molecule has 1 aromatic carbocycles. The van der Waals surface area contributed by atoms with Gasteiger partial charge in [0.2, 0.25) is 0 Å². The number of pyridine rings is 1. The molecule has 2 saturated carbocycles. The minimum atomic E-state index is -0.951. The Balaban J connectivity index is 1.13. The van der Waals surface area contributed by atoms with Crippen LogP contribution in [0.15, 0.2) is 35.0 Å². The monoisotopic (exact) mass is 527 g/mol. The maximum absolute atomic E-state index is 11.2. The molecule has 7 nitrogen and oxygen atoms in total. The Morgan fingerprint density at radius 1 is 1.19 bits per heavy atom. The number of benzene rings is 1. The largest absolute Gasteiger partial charge is 0.478 e. The fourth-order valence-electron chi connectivity index (χ4n) is 5.82. The molecule has 3 heterocycles. The Labute approximate surface area is 219 Å². The second-order valence-corrected chi connectivity index (χ2v) is 11.1. The van der Waals surface area contributed by atoms with Crippen LogP contribution in [-0.4, -0.2) is 40.4 Å². The Kier molecular flexibility index (Phi) is 6.18. The number of aromatic carboxylic acids is 1. The zero-order valence-electron chi connectivity index (χ0n) is 19.9. The summed E-state index contributed by atoms with van der Waals surface area (Å²) in [6, 6.07) is 7.15. The van der Waals surface area contributed by atoms with Gasteiger partial charge >= 0.3 is 5.97 Å². The lowest BCUT2D eigenvalue weighted by Gasteiger charge is -2.22. The summed E-state index contributed by atoms with van der Waals surface area (Å²) in [5.74, 6) is 2.28. The number of anilines is 1. The summed E-state index contributed by atoms with van der Waals surface area (Å²) in [5.41, 5.74) is 3.47. The highest BCUT2D eigenvalue weighted by atomic mass is 35.5. The lowest BCUT2D eigenvalue weighted by Crippen LogP contribution is -2.25. The number of rotatable bonds is 7. The SMILES string of the molecule is Cc1cc(C(=O)O)cnc1N1C[C@H]2CC(OCc3c(-c4c(Cl)cccc4Cl)noc3C3CC3)C[C@H]2C1. The first-order chi connectivity index (χ1) is 17.4. The van der Waals surface area contributed by atoms with E-state index in [1.165, 1.54) is 6.20 Å². The van der Waals surface area contributed by atoms with Crippen LogP contribution in [0.1, 0.15) is 58.8 Å². The van der Waals surface area contributed by atoms with Crippen LogP contribution in [0.25, 0.3) is 11.3 Å². The van der Waals surface area contributed by atoms with Crippen LogP contribution in [0.5, 0.6) is 0 Å². The zero-order chi connectivity index (χ0) is 25.0. The number of aryl methyl sites for hydroxylation is 1. The second-order valence-electron chi connectivity index (χ2n) is 10.2. The van der Waals surface area contributed by atoms with Gasteiger partial charge in [-0.2, -0.15) is 0 Å². The topological polar surface area (TPSA) is 88.7 Å². The van der Waals surface area contributed by atoms with Crippen LogP contribution in [0.3, 0.4) is 0 Å². The number of carbonyl (C=O) groups is 1. The Morgan fingerprint density at radius 3 is 2.50 bits per heavy atom. The van der Waals surface area contributed by atoms with Crippen molar-refractivity contribution in [3.63, 3.8) is 0 Å². The molecule has 9 heteroatoms. The van der Waals surface area contributed by atoms with E-state index in [1.54, 1.807) is 6.07 Å². The number of hydrogen-bond donors (Lipinski definition) is 1. The summed E-state index contributed by atoms with van der Waals surface area (Å²) in [7, 11) is 0. The summed E-state index contributed by atoms with van der Waals surface area (Å²) < 4.78 is 12.2. The van der Waals surface area contributed by atoms with Gasteiger partial charge in [0.15, 0.2) is 0 Å². The van der Waals surface area contributed by atoms with E-state index in [2.05, 4.69) is 15.0 Å². The number of fused-ring (bicyclic) bond motifs is 1. The Hall–Kier alpha value is -2.61. The summed E-state index contributed by atoms with van der Waals surface area (Å²) in [5, 5.41) is 14.7. The third-order valence-electron chi connectivity index (χ3n) is 7.73. The fourth-order valence-corrected chi connectivity index (χ4v) is 6.39. The van der Waals surface area contributed by atoms with Gasteiger partial charge in [0.05, 0.1) is 28.3 Å². The van der Waals surface area contributed by atoms with Crippen LogP contribution in [0.2, 0.25) is 10.0 Å². The van der Waals surface area contributed by atoms with Crippen LogP contribution in [0.4, 0.5) is 5.82 Å². The van der Waals surface area contributed by atoms with Gasteiger partial charge in [-0.15, -0.1) is 0 Å². The number of aromatic nitrogens is 2. The molecule has 0 spiro atoms. The molecule has 2 aliphatic carbocycles. The number of carboxylic acids is 1. The van der Waals surface area contributed by atoms with Crippen molar-refractivity contribution in [3.05, 3.63) is 63.0 Å². The molecule has 0 radical (unpaired) electrons. The predicted octanol–water partition coefficient (Wildman–Crippen LogP) is 6.36. The summed E-state index contributed by atoms with van der Waals surface area (Å²) in [6.45, 7) is 4.17. The minimum absolute atomic E-state index is 0.169. The van der Waals surface area contributed by atoms with E-state index < -0.39 is 5.97 Å². The van der Waals surface area contributed by atoms with Gasteiger partial charge in [0, 0.05) is 36.3 Å². The van der Waals surface area contributed by atoms with Crippen LogP contribution >= 0.6 is 23.2 Å². The summed E-state index contributed by atoms with van der Waals surface area (Å²) in [4.78, 5) is 18.0. The quantitative estimate of drug-likeness (QED) is 0.382. The average molecular weight is 528 g/mol. The van der Waals surface area contributed by atoms with Crippen molar-refractivity contribution >= 4 is 35.0 Å². The van der Waals surface area contributed by atoms with Crippen molar-refractivity contribution < 1.29 is 19.2 Å². The first-order valence-corrected chi connectivity index (χ1v) is 13.1. The van der Waals surface area contributed by atoms with Gasteiger partial charge in [-0.25, -0.2) is 9.78 Å². The molecule has 3 fully saturated rings. The molecule has 0 amide bonds. The van der Waals surface area contributed by atoms with Crippen molar-refractivity contribution in [1.82, 2.24) is 10.1 Å². The molecule has 1 aliphatic heterocycles. The maximum Gasteiger partial charge on any atom is 0.337 e. The normalized spacial score (nSPS) is 23.3. The molecule has 2 aromatic heterocycles. The third-order valence-corrected chi connectivity index (χ3v) is 8.36. The molecule has 36 heavy (non-hydrogen) atoms. The molecule has 0 bridgehead atoms. The van der Waals surface area contributed by atoms with Crippen molar-refractivity contribution in [2.75, 3.05) is 18.0 Å². The van der Waals surface area contributed by atoms with Crippen molar-refractivity contribution in [2.45, 2.75) is 51.2 Å². The molecule has 1 unspecified atom stereocenters. The molecular formula is C27H27Cl2N3O4. The van der Waals surface area contributed by atoms with Gasteiger partial charge in [0.25, 0.3) is 0 Å². The number of nitrogens with zero attached hydrogens (tertiary/aromatic N) is 3. The van der Waals surface area contributed by atoms with Gasteiger partial charge in [-0.1, -0.05) is 34.4 Å². The summed E-state index contributed by atoms with van der Waals surface area (Å²) >= 11 is 13.0. The first kappa shape index (κ1) is 23.8. The molecular weight excluding hydrogens is 501 g/mol. The molecule has 3 atom stereocenters. The van der Waals surface area contributed by atoms with E-state index in [4.69, 9.17) is 32.5 Å². The standard InChI is InChI=1S/C27H27Cl2N3O4/c1-14-7-16(27(33)34)10-30-26(14)32-11-17-8-19(9-18(17)12-32)35-13-20-24(31-36-25(20)15-5-6-15)23-21(28)3-2-4-22(23)29/h2-4,7,10,15,17-19H,5-6,8-9,11-13H2,1H3,(H,33,34)/t17-,18+,19?. The Bertz CT molecular complexity index is 1290. The van der Waals surface area contributed by atoms with Crippen LogP contribution in [0, 0.1) is 18.8 Å². The number of hydrogen-bond acceptors (Lipinski definition) is 6. The van der Waals surface area contributed by atoms with E-state index >= 15 is 0 Å². The lowest BCUT2D eigenvalue weighted by atomic mass is 10.0. The highest BCUT2D eigenvalue weighted by Crippen LogP contribution is 2.47. The number of ether oxygens (including phenoxy) is 1. The van der Waals surface area contributed by atoms with E-state index in [1.807, 2.05) is 25.1 Å². The highest BCUT2D eigenvalue weighted by Gasteiger charge is 2.42. The van der Waals surface area contributed by atoms with Gasteiger partial charge in [-0.05, 0) is 68.2 Å². The fraction of sp³-hybridized carbons (Fsp3) is 0.444. The first-order valence-electron chi connectivity index (χ1n) is 12.4. The van der Waals surface area contributed by atoms with Crippen LogP contribution < -0.4 is 4.90 Å².